The van der Waals surface area contributed by atoms with E-state index in [-0.39, 0.29) is 5.75 Å². The Labute approximate surface area is 150 Å². The van der Waals surface area contributed by atoms with E-state index in [2.05, 4.69) is 25.2 Å². The number of aromatic nitrogens is 3. The summed E-state index contributed by atoms with van der Waals surface area (Å²) in [5.41, 5.74) is 2.91. The molecule has 126 valence electrons. The van der Waals surface area contributed by atoms with E-state index in [0.29, 0.717) is 11.6 Å². The lowest BCUT2D eigenvalue weighted by Gasteiger charge is -2.30. The van der Waals surface area contributed by atoms with Crippen molar-refractivity contribution in [3.05, 3.63) is 65.2 Å². The Morgan fingerprint density at radius 1 is 1.08 bits per heavy atom. The molecule has 2 aromatic heterocycles. The van der Waals surface area contributed by atoms with Crippen LogP contribution in [0.4, 0.5) is 17.3 Å². The molecule has 6 nitrogen and oxygen atoms in total. The number of hydrogen-bond acceptors (Lipinski definition) is 6. The quantitative estimate of drug-likeness (QED) is 0.702. The van der Waals surface area contributed by atoms with Crippen LogP contribution in [0.25, 0.3) is 0 Å². The van der Waals surface area contributed by atoms with Crippen molar-refractivity contribution in [3.8, 4) is 5.75 Å². The van der Waals surface area contributed by atoms with E-state index in [4.69, 9.17) is 11.6 Å². The van der Waals surface area contributed by atoms with Crippen LogP contribution in [0, 0.1) is 0 Å². The van der Waals surface area contributed by atoms with Gasteiger partial charge in [0.1, 0.15) is 23.7 Å². The zero-order valence-corrected chi connectivity index (χ0v) is 14.1. The van der Waals surface area contributed by atoms with Gasteiger partial charge in [0.2, 0.25) is 0 Å². The van der Waals surface area contributed by atoms with Crippen molar-refractivity contribution in [1.29, 1.82) is 0 Å². The maximum absolute atomic E-state index is 9.42. The molecule has 0 fully saturated rings. The Balaban J connectivity index is 1.64. The number of pyridine rings is 1. The summed E-state index contributed by atoms with van der Waals surface area (Å²) in [5, 5.41) is 13.4. The summed E-state index contributed by atoms with van der Waals surface area (Å²) in [4.78, 5) is 15.3. The molecule has 0 saturated heterocycles. The van der Waals surface area contributed by atoms with Crippen molar-refractivity contribution < 1.29 is 5.11 Å². The van der Waals surface area contributed by atoms with Gasteiger partial charge in [0.05, 0.1) is 10.7 Å². The number of fused-ring (bicyclic) bond motifs is 1. The Kier molecular flexibility index (Phi) is 4.11. The minimum absolute atomic E-state index is 0.228. The second kappa shape index (κ2) is 6.57. The molecule has 2 N–H and O–H groups in total. The van der Waals surface area contributed by atoms with Crippen molar-refractivity contribution in [2.24, 2.45) is 0 Å². The molecule has 1 aliphatic rings. The van der Waals surface area contributed by atoms with Crippen molar-refractivity contribution in [2.45, 2.75) is 13.0 Å². The van der Waals surface area contributed by atoms with Crippen LogP contribution in [-0.2, 0) is 13.0 Å². The summed E-state index contributed by atoms with van der Waals surface area (Å²) in [5.74, 6) is 1.76. The first kappa shape index (κ1) is 15.7. The molecule has 0 bridgehead atoms. The third-order valence-electron chi connectivity index (χ3n) is 4.17. The molecular weight excluding hydrogens is 338 g/mol. The molecule has 0 aliphatic carbocycles. The SMILES string of the molecule is Oc1ccc(Nc2ncnc3c2CN(c2ncccc2Cl)CC3)cc1. The molecule has 0 radical (unpaired) electrons. The Bertz CT molecular complexity index is 900. The molecular formula is C18H16ClN5O. The van der Waals surface area contributed by atoms with Crippen LogP contribution in [0.3, 0.4) is 0 Å². The molecule has 1 aliphatic heterocycles. The monoisotopic (exact) mass is 353 g/mol. The number of anilines is 3. The fourth-order valence-electron chi connectivity index (χ4n) is 2.92. The van der Waals surface area contributed by atoms with Crippen molar-refractivity contribution >= 4 is 28.9 Å². The molecule has 0 atom stereocenters. The fraction of sp³-hybridized carbons (Fsp3) is 0.167. The molecule has 3 aromatic rings. The van der Waals surface area contributed by atoms with Gasteiger partial charge in [-0.05, 0) is 36.4 Å². The summed E-state index contributed by atoms with van der Waals surface area (Å²) in [6.45, 7) is 1.44. The summed E-state index contributed by atoms with van der Waals surface area (Å²) < 4.78 is 0. The van der Waals surface area contributed by atoms with Crippen LogP contribution in [0.15, 0.2) is 48.9 Å². The van der Waals surface area contributed by atoms with Gasteiger partial charge in [-0.2, -0.15) is 0 Å². The lowest BCUT2D eigenvalue weighted by Crippen LogP contribution is -2.32. The van der Waals surface area contributed by atoms with Crippen LogP contribution >= 0.6 is 11.6 Å². The molecule has 0 saturated carbocycles. The van der Waals surface area contributed by atoms with Gasteiger partial charge in [-0.25, -0.2) is 15.0 Å². The smallest absolute Gasteiger partial charge is 0.147 e. The zero-order valence-electron chi connectivity index (χ0n) is 13.4. The molecule has 7 heteroatoms. The highest BCUT2D eigenvalue weighted by Gasteiger charge is 2.23. The summed E-state index contributed by atoms with van der Waals surface area (Å²) in [6.07, 6.45) is 4.12. The van der Waals surface area contributed by atoms with Gasteiger partial charge in [-0.3, -0.25) is 0 Å². The number of halogens is 1. The lowest BCUT2D eigenvalue weighted by molar-refractivity contribution is 0.475. The molecule has 4 rings (SSSR count). The predicted octanol–water partition coefficient (Wildman–Crippen LogP) is 3.54. The number of nitrogens with zero attached hydrogens (tertiary/aromatic N) is 4. The number of rotatable bonds is 3. The first-order chi connectivity index (χ1) is 12.2. The van der Waals surface area contributed by atoms with Gasteiger partial charge in [0.25, 0.3) is 0 Å². The average molecular weight is 354 g/mol. The van der Waals surface area contributed by atoms with Gasteiger partial charge in [0.15, 0.2) is 0 Å². The average Bonchev–Trinajstić information content (AvgIpc) is 2.64. The maximum Gasteiger partial charge on any atom is 0.147 e. The third-order valence-corrected chi connectivity index (χ3v) is 4.47. The van der Waals surface area contributed by atoms with Gasteiger partial charge < -0.3 is 15.3 Å². The minimum Gasteiger partial charge on any atom is -0.508 e. The van der Waals surface area contributed by atoms with Crippen LogP contribution < -0.4 is 10.2 Å². The normalized spacial score (nSPS) is 13.4. The van der Waals surface area contributed by atoms with Crippen LogP contribution in [-0.4, -0.2) is 26.6 Å². The summed E-state index contributed by atoms with van der Waals surface area (Å²) in [6, 6.07) is 10.5. The molecule has 25 heavy (non-hydrogen) atoms. The number of benzene rings is 1. The topological polar surface area (TPSA) is 74.2 Å². The highest BCUT2D eigenvalue weighted by molar-refractivity contribution is 6.32. The minimum atomic E-state index is 0.228. The largest absolute Gasteiger partial charge is 0.508 e. The standard InChI is InChI=1S/C18H16ClN5O/c19-15-2-1-8-20-18(15)24-9-7-16-14(10-24)17(22-11-21-16)23-12-3-5-13(25)6-4-12/h1-6,8,11,25H,7,9-10H2,(H,21,22,23). The lowest BCUT2D eigenvalue weighted by atomic mass is 10.1. The maximum atomic E-state index is 9.42. The van der Waals surface area contributed by atoms with E-state index in [0.717, 1.165) is 41.5 Å². The van der Waals surface area contributed by atoms with Crippen LogP contribution in [0.5, 0.6) is 5.75 Å². The van der Waals surface area contributed by atoms with Gasteiger partial charge >= 0.3 is 0 Å². The summed E-state index contributed by atoms with van der Waals surface area (Å²) in [7, 11) is 0. The van der Waals surface area contributed by atoms with Crippen molar-refractivity contribution in [2.75, 3.05) is 16.8 Å². The summed E-state index contributed by atoms with van der Waals surface area (Å²) >= 11 is 6.29. The Hall–Kier alpha value is -2.86. The molecule has 3 heterocycles. The second-order valence-corrected chi connectivity index (χ2v) is 6.21. The number of phenolic OH excluding ortho intramolecular Hbond substituents is 1. The highest BCUT2D eigenvalue weighted by Crippen LogP contribution is 2.31. The van der Waals surface area contributed by atoms with E-state index in [1.807, 2.05) is 12.1 Å². The third kappa shape index (κ3) is 3.21. The highest BCUT2D eigenvalue weighted by atomic mass is 35.5. The van der Waals surface area contributed by atoms with E-state index < -0.39 is 0 Å². The number of aromatic hydroxyl groups is 1. The first-order valence-corrected chi connectivity index (χ1v) is 8.33. The van der Waals surface area contributed by atoms with E-state index >= 15 is 0 Å². The first-order valence-electron chi connectivity index (χ1n) is 7.95. The van der Waals surface area contributed by atoms with Gasteiger partial charge in [-0.1, -0.05) is 11.6 Å². The zero-order chi connectivity index (χ0) is 17.2. The van der Waals surface area contributed by atoms with Crippen LogP contribution in [0.1, 0.15) is 11.3 Å². The molecule has 0 amide bonds. The van der Waals surface area contributed by atoms with Crippen molar-refractivity contribution in [3.63, 3.8) is 0 Å². The number of hydrogen-bond donors (Lipinski definition) is 2. The molecule has 0 unspecified atom stereocenters. The molecule has 0 spiro atoms. The van der Waals surface area contributed by atoms with Gasteiger partial charge in [-0.15, -0.1) is 0 Å². The predicted molar refractivity (Wildman–Crippen MR) is 97.4 cm³/mol. The second-order valence-electron chi connectivity index (χ2n) is 5.80. The van der Waals surface area contributed by atoms with Crippen molar-refractivity contribution in [1.82, 2.24) is 15.0 Å². The van der Waals surface area contributed by atoms with E-state index in [1.165, 1.54) is 0 Å². The van der Waals surface area contributed by atoms with E-state index in [1.54, 1.807) is 36.8 Å². The number of phenols is 1. The van der Waals surface area contributed by atoms with Crippen LogP contribution in [0.2, 0.25) is 5.02 Å². The Morgan fingerprint density at radius 3 is 2.72 bits per heavy atom. The number of nitrogens with one attached hydrogen (secondary N) is 1. The van der Waals surface area contributed by atoms with E-state index in [9.17, 15) is 5.11 Å². The molecule has 1 aromatic carbocycles. The fourth-order valence-corrected chi connectivity index (χ4v) is 3.16. The van der Waals surface area contributed by atoms with Gasteiger partial charge in [0, 0.05) is 37.0 Å². The Morgan fingerprint density at radius 2 is 1.92 bits per heavy atom.